The molecule has 40 heavy (non-hydrogen) atoms. The Kier molecular flexibility index (Phi) is 7.99. The van der Waals surface area contributed by atoms with Crippen LogP contribution in [0.5, 0.6) is 5.75 Å². The highest BCUT2D eigenvalue weighted by Gasteiger charge is 2.49. The molecule has 0 spiro atoms. The average molecular weight is 545 g/mol. The number of nitrogens with one attached hydrogen (secondary N) is 1. The van der Waals surface area contributed by atoms with E-state index in [1.807, 2.05) is 84.9 Å². The van der Waals surface area contributed by atoms with Crippen molar-refractivity contribution in [1.29, 1.82) is 0 Å². The minimum Gasteiger partial charge on any atom is -0.497 e. The van der Waals surface area contributed by atoms with Gasteiger partial charge in [-0.25, -0.2) is 4.79 Å². The van der Waals surface area contributed by atoms with Crippen LogP contribution in [0.15, 0.2) is 107 Å². The van der Waals surface area contributed by atoms with Gasteiger partial charge in [0.1, 0.15) is 23.7 Å². The predicted octanol–water partition coefficient (Wildman–Crippen LogP) is 2.81. The fraction of sp³-hybridized carbons (Fsp3) is 0.290. The fourth-order valence-electron chi connectivity index (χ4n) is 5.44. The maximum absolute atomic E-state index is 12.6. The van der Waals surface area contributed by atoms with E-state index in [9.17, 15) is 19.8 Å². The first-order chi connectivity index (χ1) is 19.3. The molecule has 1 aromatic heterocycles. The number of benzene rings is 3. The van der Waals surface area contributed by atoms with E-state index in [1.165, 1.54) is 23.8 Å². The topological polar surface area (TPSA) is 123 Å². The van der Waals surface area contributed by atoms with Crippen molar-refractivity contribution in [2.75, 3.05) is 13.7 Å². The van der Waals surface area contributed by atoms with Crippen LogP contribution in [0.4, 0.5) is 0 Å². The van der Waals surface area contributed by atoms with E-state index in [1.54, 1.807) is 7.11 Å². The summed E-state index contributed by atoms with van der Waals surface area (Å²) in [5, 5.41) is 21.9. The van der Waals surface area contributed by atoms with Gasteiger partial charge in [-0.3, -0.25) is 14.3 Å². The summed E-state index contributed by atoms with van der Waals surface area (Å²) >= 11 is 0. The Morgan fingerprint density at radius 3 is 2.02 bits per heavy atom. The lowest BCUT2D eigenvalue weighted by Gasteiger charge is -2.37. The van der Waals surface area contributed by atoms with Crippen molar-refractivity contribution in [3.8, 4) is 5.75 Å². The Labute approximate surface area is 231 Å². The van der Waals surface area contributed by atoms with Gasteiger partial charge in [-0.1, -0.05) is 72.8 Å². The average Bonchev–Trinajstić information content (AvgIpc) is 3.30. The zero-order valence-electron chi connectivity index (χ0n) is 22.2. The van der Waals surface area contributed by atoms with Gasteiger partial charge in [0.25, 0.3) is 5.56 Å². The maximum Gasteiger partial charge on any atom is 0.330 e. The third kappa shape index (κ3) is 5.12. The molecule has 5 atom stereocenters. The lowest BCUT2D eigenvalue weighted by atomic mass is 9.80. The van der Waals surface area contributed by atoms with Gasteiger partial charge >= 0.3 is 5.69 Å². The summed E-state index contributed by atoms with van der Waals surface area (Å²) in [7, 11) is 1.61. The molecule has 5 rings (SSSR count). The zero-order valence-corrected chi connectivity index (χ0v) is 22.2. The second-order valence-corrected chi connectivity index (χ2v) is 9.84. The first kappa shape index (κ1) is 27.5. The van der Waals surface area contributed by atoms with E-state index in [0.29, 0.717) is 5.75 Å². The molecule has 1 fully saturated rings. The standard InChI is InChI=1S/C31H32N2O7/c1-20(34)27-28(36)25(40-29(27)33-18-17-26(35)32-30(33)37)19-39-31(21-9-5-3-6-10-21,22-11-7-4-8-12-22)23-13-15-24(38-2)16-14-23/h3-18,20,25,27-29,34,36H,19H2,1-2H3,(H,32,35,37)/t20-,25-,27-,28-,29-/m1/s1. The number of H-pyrrole nitrogens is 1. The van der Waals surface area contributed by atoms with Crippen molar-refractivity contribution < 1.29 is 24.4 Å². The molecule has 0 amide bonds. The number of aliphatic hydroxyl groups is 2. The van der Waals surface area contributed by atoms with Crippen molar-refractivity contribution in [3.05, 3.63) is 135 Å². The number of rotatable bonds is 9. The number of aromatic nitrogens is 2. The third-order valence-electron chi connectivity index (χ3n) is 7.42. The van der Waals surface area contributed by atoms with Crippen LogP contribution in [-0.4, -0.2) is 51.8 Å². The molecule has 1 aliphatic rings. The van der Waals surface area contributed by atoms with Crippen LogP contribution >= 0.6 is 0 Å². The number of methoxy groups -OCH3 is 1. The quantitative estimate of drug-likeness (QED) is 0.277. The van der Waals surface area contributed by atoms with Crippen LogP contribution in [0.3, 0.4) is 0 Å². The second kappa shape index (κ2) is 11.6. The van der Waals surface area contributed by atoms with Crippen molar-refractivity contribution in [2.24, 2.45) is 5.92 Å². The van der Waals surface area contributed by atoms with Crippen LogP contribution in [0.2, 0.25) is 0 Å². The molecule has 0 saturated carbocycles. The summed E-state index contributed by atoms with van der Waals surface area (Å²) in [4.78, 5) is 26.4. The smallest absolute Gasteiger partial charge is 0.330 e. The van der Waals surface area contributed by atoms with E-state index < -0.39 is 47.3 Å². The molecule has 208 valence electrons. The Morgan fingerprint density at radius 1 is 0.925 bits per heavy atom. The van der Waals surface area contributed by atoms with E-state index >= 15 is 0 Å². The van der Waals surface area contributed by atoms with Crippen LogP contribution in [0.25, 0.3) is 0 Å². The van der Waals surface area contributed by atoms with Crippen LogP contribution < -0.4 is 16.0 Å². The molecule has 0 unspecified atom stereocenters. The number of ether oxygens (including phenoxy) is 3. The summed E-state index contributed by atoms with van der Waals surface area (Å²) in [6, 6.07) is 28.3. The molecule has 9 heteroatoms. The van der Waals surface area contributed by atoms with Crippen molar-refractivity contribution in [2.45, 2.75) is 37.1 Å². The molecule has 3 aromatic carbocycles. The first-order valence-electron chi connectivity index (χ1n) is 13.1. The van der Waals surface area contributed by atoms with E-state index in [4.69, 9.17) is 14.2 Å². The molecular formula is C31H32N2O7. The number of nitrogens with zero attached hydrogens (tertiary/aromatic N) is 1. The zero-order chi connectivity index (χ0) is 28.3. The van der Waals surface area contributed by atoms with Crippen LogP contribution in [0, 0.1) is 5.92 Å². The molecule has 9 nitrogen and oxygen atoms in total. The minimum atomic E-state index is -1.16. The molecule has 0 radical (unpaired) electrons. The van der Waals surface area contributed by atoms with Gasteiger partial charge in [-0.15, -0.1) is 0 Å². The Morgan fingerprint density at radius 2 is 1.50 bits per heavy atom. The van der Waals surface area contributed by atoms with Gasteiger partial charge in [0, 0.05) is 12.3 Å². The molecule has 4 aromatic rings. The number of aromatic amines is 1. The molecule has 3 N–H and O–H groups in total. The number of aliphatic hydroxyl groups excluding tert-OH is 2. The largest absolute Gasteiger partial charge is 0.497 e. The lowest BCUT2D eigenvalue weighted by Crippen LogP contribution is -2.40. The normalized spacial score (nSPS) is 21.7. The molecular weight excluding hydrogens is 512 g/mol. The number of hydrogen-bond donors (Lipinski definition) is 3. The summed E-state index contributed by atoms with van der Waals surface area (Å²) in [6.45, 7) is 1.45. The lowest BCUT2D eigenvalue weighted by molar-refractivity contribution is -0.0956. The summed E-state index contributed by atoms with van der Waals surface area (Å²) in [6.07, 6.45) is -2.79. The maximum atomic E-state index is 12.6. The Bertz CT molecular complexity index is 1480. The van der Waals surface area contributed by atoms with Gasteiger partial charge in [0.2, 0.25) is 0 Å². The molecule has 1 aliphatic heterocycles. The van der Waals surface area contributed by atoms with Crippen LogP contribution in [-0.2, 0) is 15.1 Å². The van der Waals surface area contributed by atoms with Crippen molar-refractivity contribution >= 4 is 0 Å². The second-order valence-electron chi connectivity index (χ2n) is 9.84. The highest BCUT2D eigenvalue weighted by molar-refractivity contribution is 5.48. The molecule has 0 aliphatic carbocycles. The van der Waals surface area contributed by atoms with E-state index in [2.05, 4.69) is 4.98 Å². The van der Waals surface area contributed by atoms with Crippen LogP contribution in [0.1, 0.15) is 29.8 Å². The minimum absolute atomic E-state index is 0.0746. The van der Waals surface area contributed by atoms with Crippen molar-refractivity contribution in [1.82, 2.24) is 9.55 Å². The summed E-state index contributed by atoms with van der Waals surface area (Å²) < 4.78 is 19.6. The van der Waals surface area contributed by atoms with E-state index in [0.717, 1.165) is 16.7 Å². The summed E-state index contributed by atoms with van der Waals surface area (Å²) in [5.41, 5.74) is 0.212. The monoisotopic (exact) mass is 544 g/mol. The summed E-state index contributed by atoms with van der Waals surface area (Å²) in [5.74, 6) is -0.150. The Hall–Kier alpha value is -4.02. The van der Waals surface area contributed by atoms with Gasteiger partial charge in [-0.05, 0) is 35.7 Å². The van der Waals surface area contributed by atoms with Gasteiger partial charge in [0.05, 0.1) is 31.8 Å². The predicted molar refractivity (Wildman–Crippen MR) is 148 cm³/mol. The molecule has 1 saturated heterocycles. The highest BCUT2D eigenvalue weighted by atomic mass is 16.6. The van der Waals surface area contributed by atoms with Gasteiger partial charge < -0.3 is 24.4 Å². The third-order valence-corrected chi connectivity index (χ3v) is 7.42. The first-order valence-corrected chi connectivity index (χ1v) is 13.1. The van der Waals surface area contributed by atoms with Gasteiger partial charge in [-0.2, -0.15) is 0 Å². The highest BCUT2D eigenvalue weighted by Crippen LogP contribution is 2.43. The van der Waals surface area contributed by atoms with E-state index in [-0.39, 0.29) is 6.61 Å². The Balaban J connectivity index is 1.56. The molecule has 0 bridgehead atoms. The van der Waals surface area contributed by atoms with Gasteiger partial charge in [0.15, 0.2) is 0 Å². The fourth-order valence-corrected chi connectivity index (χ4v) is 5.44. The number of hydrogen-bond acceptors (Lipinski definition) is 7. The van der Waals surface area contributed by atoms with Crippen molar-refractivity contribution in [3.63, 3.8) is 0 Å². The molecule has 2 heterocycles. The SMILES string of the molecule is COc1ccc(C(OC[C@H]2O[C@@H](n3ccc(=O)[nH]c3=O)[C@H]([C@@H](C)O)[C@@H]2O)(c2ccccc2)c2ccccc2)cc1.